The molecule has 3 rings (SSSR count). The number of benzene rings is 1. The van der Waals surface area contributed by atoms with Gasteiger partial charge in [-0.1, -0.05) is 19.9 Å². The van der Waals surface area contributed by atoms with Gasteiger partial charge in [0.2, 0.25) is 0 Å². The Hall–Kier alpha value is -1.79. The summed E-state index contributed by atoms with van der Waals surface area (Å²) in [4.78, 5) is 6.82. The molecular weight excluding hydrogens is 352 g/mol. The number of aliphatic imine (C=N–C) groups is 1. The molecule has 1 atom stereocenters. The van der Waals surface area contributed by atoms with E-state index in [4.69, 9.17) is 4.74 Å². The van der Waals surface area contributed by atoms with Gasteiger partial charge in [0.25, 0.3) is 0 Å². The number of ether oxygens (including phenoxy) is 1. The molecule has 3 N–H and O–H groups in total. The number of aromatic hydroxyl groups is 1. The van der Waals surface area contributed by atoms with Crippen molar-refractivity contribution < 1.29 is 9.84 Å². The highest BCUT2D eigenvalue weighted by atomic mass is 16.5. The number of hydrogen-bond acceptors (Lipinski definition) is 4. The van der Waals surface area contributed by atoms with Gasteiger partial charge in [0.05, 0.1) is 12.7 Å². The molecule has 2 aliphatic rings. The van der Waals surface area contributed by atoms with Gasteiger partial charge in [0, 0.05) is 45.3 Å². The molecule has 1 aromatic carbocycles. The van der Waals surface area contributed by atoms with Crippen molar-refractivity contribution in [1.29, 1.82) is 0 Å². The summed E-state index contributed by atoms with van der Waals surface area (Å²) in [5.41, 5.74) is 3.70. The Morgan fingerprint density at radius 3 is 2.89 bits per heavy atom. The lowest BCUT2D eigenvalue weighted by Gasteiger charge is -2.34. The second-order valence-corrected chi connectivity index (χ2v) is 8.36. The monoisotopic (exact) mass is 388 g/mol. The van der Waals surface area contributed by atoms with Gasteiger partial charge in [0.1, 0.15) is 5.75 Å². The Bertz CT molecular complexity index is 675. The van der Waals surface area contributed by atoms with Gasteiger partial charge in [-0.25, -0.2) is 0 Å². The van der Waals surface area contributed by atoms with Gasteiger partial charge in [-0.05, 0) is 48.8 Å². The van der Waals surface area contributed by atoms with Crippen LogP contribution >= 0.6 is 0 Å². The Morgan fingerprint density at radius 1 is 1.29 bits per heavy atom. The van der Waals surface area contributed by atoms with Crippen molar-refractivity contribution in [3.8, 4) is 5.75 Å². The maximum atomic E-state index is 10.4. The topological polar surface area (TPSA) is 69.1 Å². The molecule has 156 valence electrons. The predicted molar refractivity (Wildman–Crippen MR) is 114 cm³/mol. The van der Waals surface area contributed by atoms with Crippen LogP contribution in [0.2, 0.25) is 0 Å². The summed E-state index contributed by atoms with van der Waals surface area (Å²) in [6.07, 6.45) is 4.77. The van der Waals surface area contributed by atoms with E-state index in [1.54, 1.807) is 7.05 Å². The van der Waals surface area contributed by atoms with Crippen molar-refractivity contribution in [2.45, 2.75) is 52.2 Å². The van der Waals surface area contributed by atoms with Crippen LogP contribution in [0.3, 0.4) is 0 Å². The minimum atomic E-state index is 0.170. The maximum Gasteiger partial charge on any atom is 0.191 e. The van der Waals surface area contributed by atoms with Gasteiger partial charge in [0.15, 0.2) is 5.96 Å². The van der Waals surface area contributed by atoms with Crippen LogP contribution in [0.15, 0.2) is 17.1 Å². The van der Waals surface area contributed by atoms with E-state index in [1.807, 2.05) is 6.07 Å². The Labute approximate surface area is 169 Å². The number of guanidine groups is 1. The second-order valence-electron chi connectivity index (χ2n) is 8.36. The Kier molecular flexibility index (Phi) is 7.57. The molecule has 1 fully saturated rings. The average molecular weight is 389 g/mol. The van der Waals surface area contributed by atoms with Crippen molar-refractivity contribution in [2.24, 2.45) is 10.9 Å². The third kappa shape index (κ3) is 5.61. The van der Waals surface area contributed by atoms with Crippen LogP contribution in [-0.2, 0) is 24.1 Å². The molecular formula is C22H36N4O2. The first-order valence-corrected chi connectivity index (χ1v) is 10.7. The highest BCUT2D eigenvalue weighted by Crippen LogP contribution is 2.30. The first kappa shape index (κ1) is 20.9. The molecule has 0 radical (unpaired) electrons. The molecule has 1 saturated heterocycles. The minimum absolute atomic E-state index is 0.170. The number of rotatable bonds is 6. The van der Waals surface area contributed by atoms with E-state index < -0.39 is 0 Å². The van der Waals surface area contributed by atoms with Crippen LogP contribution in [0.1, 0.15) is 43.4 Å². The van der Waals surface area contributed by atoms with Crippen LogP contribution in [-0.4, -0.2) is 61.9 Å². The molecule has 0 saturated carbocycles. The fraction of sp³-hybridized carbons (Fsp3) is 0.682. The zero-order chi connectivity index (χ0) is 19.9. The van der Waals surface area contributed by atoms with Gasteiger partial charge in [-0.2, -0.15) is 0 Å². The highest BCUT2D eigenvalue weighted by molar-refractivity contribution is 5.79. The number of nitrogens with zero attached hydrogens (tertiary/aromatic N) is 2. The lowest BCUT2D eigenvalue weighted by Crippen LogP contribution is -2.50. The molecule has 0 aromatic heterocycles. The first-order valence-electron chi connectivity index (χ1n) is 10.7. The third-order valence-electron chi connectivity index (χ3n) is 5.63. The van der Waals surface area contributed by atoms with Crippen molar-refractivity contribution >= 4 is 5.96 Å². The Morgan fingerprint density at radius 2 is 2.11 bits per heavy atom. The number of phenolic OH excluding ortho intramolecular Hbond substituents is 1. The third-order valence-corrected chi connectivity index (χ3v) is 5.63. The number of aryl methyl sites for hydroxylation is 1. The summed E-state index contributed by atoms with van der Waals surface area (Å²) in [6, 6.07) is 3.90. The maximum absolute atomic E-state index is 10.4. The molecule has 0 spiro atoms. The fourth-order valence-electron chi connectivity index (χ4n) is 4.28. The number of morpholine rings is 1. The summed E-state index contributed by atoms with van der Waals surface area (Å²) in [5, 5.41) is 17.1. The molecule has 1 heterocycles. The molecule has 0 bridgehead atoms. The molecule has 0 amide bonds. The van der Waals surface area contributed by atoms with E-state index in [9.17, 15) is 5.11 Å². The summed E-state index contributed by atoms with van der Waals surface area (Å²) < 4.78 is 5.91. The van der Waals surface area contributed by atoms with Crippen molar-refractivity contribution in [3.05, 3.63) is 28.8 Å². The molecule has 6 heteroatoms. The van der Waals surface area contributed by atoms with E-state index in [1.165, 1.54) is 24.0 Å². The largest absolute Gasteiger partial charge is 0.508 e. The number of nitrogens with one attached hydrogen (secondary N) is 2. The van der Waals surface area contributed by atoms with Crippen LogP contribution in [0.25, 0.3) is 0 Å². The van der Waals surface area contributed by atoms with Crippen molar-refractivity contribution in [3.63, 3.8) is 0 Å². The van der Waals surface area contributed by atoms with E-state index in [2.05, 4.69) is 40.4 Å². The number of fused-ring (bicyclic) bond motifs is 1. The smallest absolute Gasteiger partial charge is 0.191 e. The van der Waals surface area contributed by atoms with E-state index in [0.29, 0.717) is 18.2 Å². The Balaban J connectivity index is 1.52. The molecule has 1 aromatic rings. The van der Waals surface area contributed by atoms with Gasteiger partial charge >= 0.3 is 0 Å². The zero-order valence-electron chi connectivity index (χ0n) is 17.6. The fourth-order valence-corrected chi connectivity index (χ4v) is 4.28. The van der Waals surface area contributed by atoms with Crippen LogP contribution in [0.5, 0.6) is 5.75 Å². The number of phenols is 1. The minimum Gasteiger partial charge on any atom is -0.508 e. The second kappa shape index (κ2) is 10.1. The summed E-state index contributed by atoms with van der Waals surface area (Å²) in [6.45, 7) is 9.70. The van der Waals surface area contributed by atoms with E-state index >= 15 is 0 Å². The average Bonchev–Trinajstić information content (AvgIpc) is 2.69. The molecule has 1 unspecified atom stereocenters. The van der Waals surface area contributed by atoms with Gasteiger partial charge < -0.3 is 20.5 Å². The number of hydrogen-bond donors (Lipinski definition) is 3. The lowest BCUT2D eigenvalue weighted by molar-refractivity contribution is -0.0284. The molecule has 1 aliphatic carbocycles. The van der Waals surface area contributed by atoms with Crippen molar-refractivity contribution in [1.82, 2.24) is 15.5 Å². The van der Waals surface area contributed by atoms with E-state index in [0.717, 1.165) is 57.2 Å². The van der Waals surface area contributed by atoms with Gasteiger partial charge in [-0.3, -0.25) is 9.89 Å². The zero-order valence-corrected chi connectivity index (χ0v) is 17.6. The first-order chi connectivity index (χ1) is 13.6. The van der Waals surface area contributed by atoms with Crippen LogP contribution in [0, 0.1) is 5.92 Å². The van der Waals surface area contributed by atoms with Crippen LogP contribution < -0.4 is 10.6 Å². The highest BCUT2D eigenvalue weighted by Gasteiger charge is 2.21. The van der Waals surface area contributed by atoms with E-state index in [-0.39, 0.29) is 6.10 Å². The standard InChI is InChI=1S/C22H36N4O2/c1-16(2)14-26-10-11-28-18(15-26)12-24-22(23-3)25-13-20-19-7-5-4-6-17(19)8-9-21(20)27/h8-9,16,18,27H,4-7,10-15H2,1-3H3,(H2,23,24,25). The molecule has 6 nitrogen and oxygen atoms in total. The predicted octanol–water partition coefficient (Wildman–Crippen LogP) is 2.29. The summed E-state index contributed by atoms with van der Waals surface area (Å²) >= 11 is 0. The SMILES string of the molecule is CN=C(NCc1c(O)ccc2c1CCCC2)NCC1CN(CC(C)C)CCO1. The molecule has 28 heavy (non-hydrogen) atoms. The van der Waals surface area contributed by atoms with Crippen LogP contribution in [0.4, 0.5) is 0 Å². The normalized spacial score (nSPS) is 20.9. The lowest BCUT2D eigenvalue weighted by atomic mass is 9.88. The van der Waals surface area contributed by atoms with Crippen molar-refractivity contribution in [2.75, 3.05) is 39.8 Å². The summed E-state index contributed by atoms with van der Waals surface area (Å²) in [5.74, 6) is 1.80. The van der Waals surface area contributed by atoms with Gasteiger partial charge in [-0.15, -0.1) is 0 Å². The summed E-state index contributed by atoms with van der Waals surface area (Å²) in [7, 11) is 1.78. The quantitative estimate of drug-likeness (QED) is 0.515. The molecule has 1 aliphatic heterocycles.